The molecule has 2 aromatic rings. The summed E-state index contributed by atoms with van der Waals surface area (Å²) >= 11 is 13.1. The van der Waals surface area contributed by atoms with Gasteiger partial charge in [0, 0.05) is 12.1 Å². The van der Waals surface area contributed by atoms with E-state index in [4.69, 9.17) is 27.9 Å². The van der Waals surface area contributed by atoms with Crippen LogP contribution in [-0.2, 0) is 13.2 Å². The summed E-state index contributed by atoms with van der Waals surface area (Å²) in [7, 11) is 0. The van der Waals surface area contributed by atoms with Crippen molar-refractivity contribution in [2.45, 2.75) is 71.1 Å². The van der Waals surface area contributed by atoms with E-state index in [1.165, 1.54) is 38.5 Å². The van der Waals surface area contributed by atoms with Gasteiger partial charge in [-0.05, 0) is 78.5 Å². The van der Waals surface area contributed by atoms with Crippen LogP contribution in [0.5, 0.6) is 5.75 Å². The molecular weight excluding hydrogens is 413 g/mol. The van der Waals surface area contributed by atoms with Crippen LogP contribution in [0.3, 0.4) is 0 Å². The molecule has 4 heteroatoms. The molecule has 0 aromatic heterocycles. The zero-order valence-electron chi connectivity index (χ0n) is 17.9. The van der Waals surface area contributed by atoms with E-state index in [-0.39, 0.29) is 5.54 Å². The zero-order valence-corrected chi connectivity index (χ0v) is 19.5. The van der Waals surface area contributed by atoms with Gasteiger partial charge < -0.3 is 10.1 Å². The van der Waals surface area contributed by atoms with Gasteiger partial charge in [-0.25, -0.2) is 0 Å². The van der Waals surface area contributed by atoms with Gasteiger partial charge in [0.05, 0.1) is 10.0 Å². The lowest BCUT2D eigenvalue weighted by Gasteiger charge is -2.65. The van der Waals surface area contributed by atoms with Gasteiger partial charge in [-0.15, -0.1) is 0 Å². The molecule has 4 aliphatic rings. The maximum absolute atomic E-state index is 6.56. The first-order valence-corrected chi connectivity index (χ1v) is 11.9. The third-order valence-electron chi connectivity index (χ3n) is 7.58. The van der Waals surface area contributed by atoms with E-state index in [9.17, 15) is 0 Å². The summed E-state index contributed by atoms with van der Waals surface area (Å²) in [5, 5.41) is 5.13. The largest absolute Gasteiger partial charge is 0.486 e. The molecule has 4 bridgehead atoms. The molecule has 0 aliphatic heterocycles. The molecule has 1 N–H and O–H groups in total. The number of hydrogen-bond donors (Lipinski definition) is 1. The van der Waals surface area contributed by atoms with Gasteiger partial charge in [-0.2, -0.15) is 0 Å². The minimum Gasteiger partial charge on any atom is -0.486 e. The normalized spacial score (nSPS) is 34.3. The predicted molar refractivity (Wildman–Crippen MR) is 124 cm³/mol. The Hall–Kier alpha value is -1.22. The maximum Gasteiger partial charge on any atom is 0.156 e. The molecule has 2 aromatic carbocycles. The van der Waals surface area contributed by atoms with Crippen LogP contribution in [0.2, 0.25) is 10.0 Å². The van der Waals surface area contributed by atoms with Gasteiger partial charge in [0.2, 0.25) is 0 Å². The van der Waals surface area contributed by atoms with E-state index in [1.54, 1.807) is 0 Å². The molecule has 2 nitrogen and oxygen atoms in total. The maximum atomic E-state index is 6.56. The van der Waals surface area contributed by atoms with Crippen LogP contribution in [0.25, 0.3) is 0 Å². The summed E-state index contributed by atoms with van der Waals surface area (Å²) in [6.07, 6.45) is 8.13. The second-order valence-corrected chi connectivity index (χ2v) is 11.7. The van der Waals surface area contributed by atoms with Crippen molar-refractivity contribution in [3.8, 4) is 5.75 Å². The molecule has 30 heavy (non-hydrogen) atoms. The number of halogens is 2. The highest BCUT2D eigenvalue weighted by Gasteiger charge is 2.59. The van der Waals surface area contributed by atoms with Crippen LogP contribution in [-0.4, -0.2) is 5.54 Å². The second-order valence-electron chi connectivity index (χ2n) is 10.9. The molecular formula is C26H31Cl2NO. The minimum atomic E-state index is 0.268. The molecule has 0 radical (unpaired) electrons. The summed E-state index contributed by atoms with van der Waals surface area (Å²) in [6.45, 7) is 6.29. The van der Waals surface area contributed by atoms with Crippen molar-refractivity contribution in [1.82, 2.24) is 5.32 Å². The topological polar surface area (TPSA) is 21.3 Å². The molecule has 0 spiro atoms. The number of nitrogens with one attached hydrogen (secondary N) is 1. The molecule has 0 amide bonds. The minimum absolute atomic E-state index is 0.268. The quantitative estimate of drug-likeness (QED) is 0.501. The van der Waals surface area contributed by atoms with Crippen LogP contribution >= 0.6 is 23.2 Å². The highest BCUT2D eigenvalue weighted by molar-refractivity contribution is 6.37. The lowest BCUT2D eigenvalue weighted by Crippen LogP contribution is -2.63. The molecule has 160 valence electrons. The van der Waals surface area contributed by atoms with Gasteiger partial charge in [-0.1, -0.05) is 67.4 Å². The third-order valence-corrected chi connectivity index (χ3v) is 8.14. The molecule has 4 saturated carbocycles. The van der Waals surface area contributed by atoms with E-state index in [1.807, 2.05) is 42.5 Å². The first-order valence-electron chi connectivity index (χ1n) is 11.2. The summed E-state index contributed by atoms with van der Waals surface area (Å²) in [4.78, 5) is 0. The fourth-order valence-corrected chi connectivity index (χ4v) is 8.16. The van der Waals surface area contributed by atoms with E-state index >= 15 is 0 Å². The summed E-state index contributed by atoms with van der Waals surface area (Å²) in [5.41, 5.74) is 3.50. The number of rotatable bonds is 6. The Balaban J connectivity index is 1.28. The average molecular weight is 444 g/mol. The van der Waals surface area contributed by atoms with Crippen LogP contribution in [0.1, 0.15) is 63.5 Å². The molecule has 0 heterocycles. The first kappa shape index (κ1) is 20.7. The van der Waals surface area contributed by atoms with Crippen LogP contribution in [0, 0.1) is 16.7 Å². The fraction of sp³-hybridized carbons (Fsp3) is 0.538. The van der Waals surface area contributed by atoms with E-state index in [2.05, 4.69) is 19.2 Å². The highest BCUT2D eigenvalue weighted by Crippen LogP contribution is 2.66. The van der Waals surface area contributed by atoms with Crippen molar-refractivity contribution in [1.29, 1.82) is 0 Å². The predicted octanol–water partition coefficient (Wildman–Crippen LogP) is 7.41. The van der Waals surface area contributed by atoms with Gasteiger partial charge in [0.1, 0.15) is 6.61 Å². The van der Waals surface area contributed by atoms with Gasteiger partial charge in [0.15, 0.2) is 5.75 Å². The Morgan fingerprint density at radius 1 is 0.900 bits per heavy atom. The molecule has 4 fully saturated rings. The number of benzene rings is 2. The van der Waals surface area contributed by atoms with Gasteiger partial charge in [-0.3, -0.25) is 0 Å². The Labute approximate surface area is 190 Å². The Morgan fingerprint density at radius 2 is 1.53 bits per heavy atom. The van der Waals surface area contributed by atoms with Crippen molar-refractivity contribution in [3.63, 3.8) is 0 Å². The van der Waals surface area contributed by atoms with Crippen molar-refractivity contribution >= 4 is 23.2 Å². The van der Waals surface area contributed by atoms with Crippen molar-refractivity contribution in [2.75, 3.05) is 0 Å². The van der Waals surface area contributed by atoms with Gasteiger partial charge in [0.25, 0.3) is 0 Å². The van der Waals surface area contributed by atoms with Crippen LogP contribution in [0.4, 0.5) is 0 Å². The summed E-state index contributed by atoms with van der Waals surface area (Å²) in [6, 6.07) is 14.1. The summed E-state index contributed by atoms with van der Waals surface area (Å²) < 4.78 is 5.93. The Morgan fingerprint density at radius 3 is 2.13 bits per heavy atom. The zero-order chi connectivity index (χ0) is 21.0. The van der Waals surface area contributed by atoms with Crippen LogP contribution < -0.4 is 10.1 Å². The lowest BCUT2D eigenvalue weighted by atomic mass is 9.43. The second kappa shape index (κ2) is 7.43. The van der Waals surface area contributed by atoms with E-state index in [0.717, 1.165) is 23.6 Å². The third kappa shape index (κ3) is 3.99. The highest BCUT2D eigenvalue weighted by atomic mass is 35.5. The Bertz CT molecular complexity index is 902. The summed E-state index contributed by atoms with van der Waals surface area (Å²) in [5.74, 6) is 1.45. The fourth-order valence-electron chi connectivity index (χ4n) is 7.52. The van der Waals surface area contributed by atoms with Crippen LogP contribution in [0.15, 0.2) is 42.5 Å². The lowest BCUT2D eigenvalue weighted by molar-refractivity contribution is -0.118. The molecule has 4 atom stereocenters. The Kier molecular flexibility index (Phi) is 5.12. The average Bonchev–Trinajstić information content (AvgIpc) is 2.64. The van der Waals surface area contributed by atoms with E-state index in [0.29, 0.717) is 33.2 Å². The molecule has 4 aliphatic carbocycles. The smallest absolute Gasteiger partial charge is 0.156 e. The van der Waals surface area contributed by atoms with E-state index < -0.39 is 0 Å². The standard InChI is InChI=1S/C26H31Cl2NO/c1-24-10-20-11-25(2,15-24)17-26(12-20,16-24)29-13-19-8-21(27)23(22(28)9-19)30-14-18-6-4-3-5-7-18/h3-9,20,29H,10-17H2,1-2H3/t20?,24-,25+,26?. The molecule has 6 rings (SSSR count). The SMILES string of the molecule is C[C@]12CC3CC(NCc4cc(Cl)c(OCc5ccccc5)c(Cl)c4)(C1)C[C@@](C)(C3)C2. The number of ether oxygens (including phenoxy) is 1. The monoisotopic (exact) mass is 443 g/mol. The van der Waals surface area contributed by atoms with Crippen molar-refractivity contribution in [2.24, 2.45) is 16.7 Å². The number of hydrogen-bond acceptors (Lipinski definition) is 2. The molecule has 2 unspecified atom stereocenters. The molecule has 0 saturated heterocycles. The van der Waals surface area contributed by atoms with Crippen molar-refractivity contribution in [3.05, 3.63) is 63.6 Å². The van der Waals surface area contributed by atoms with Gasteiger partial charge >= 0.3 is 0 Å². The van der Waals surface area contributed by atoms with Crippen molar-refractivity contribution < 1.29 is 4.74 Å². The first-order chi connectivity index (χ1) is 14.3.